The second-order valence-electron chi connectivity index (χ2n) is 6.39. The van der Waals surface area contributed by atoms with Crippen LogP contribution in [-0.4, -0.2) is 49.7 Å². The summed E-state index contributed by atoms with van der Waals surface area (Å²) in [6.07, 6.45) is 0. The van der Waals surface area contributed by atoms with Gasteiger partial charge in [0.05, 0.1) is 5.75 Å². The molecule has 1 saturated heterocycles. The van der Waals surface area contributed by atoms with Gasteiger partial charge in [0, 0.05) is 36.8 Å². The Morgan fingerprint density at radius 1 is 1.00 bits per heavy atom. The molecule has 3 rings (SSSR count). The summed E-state index contributed by atoms with van der Waals surface area (Å²) in [6.45, 7) is 3.32. The number of amides is 1. The maximum atomic E-state index is 12.6. The van der Waals surface area contributed by atoms with Gasteiger partial charge in [0.1, 0.15) is 0 Å². The van der Waals surface area contributed by atoms with Gasteiger partial charge in [-0.05, 0) is 36.2 Å². The second-order valence-corrected chi connectivity index (χ2v) is 8.79. The van der Waals surface area contributed by atoms with Gasteiger partial charge in [-0.1, -0.05) is 41.9 Å². The number of carbonyl (C=O) groups excluding carboxylic acids is 1. The van der Waals surface area contributed by atoms with Crippen molar-refractivity contribution in [2.24, 2.45) is 0 Å². The van der Waals surface area contributed by atoms with Crippen molar-refractivity contribution in [3.05, 3.63) is 70.2 Å². The van der Waals surface area contributed by atoms with E-state index in [0.29, 0.717) is 42.3 Å². The molecule has 0 spiro atoms. The van der Waals surface area contributed by atoms with Crippen LogP contribution in [0.4, 0.5) is 0 Å². The predicted molar refractivity (Wildman–Crippen MR) is 103 cm³/mol. The summed E-state index contributed by atoms with van der Waals surface area (Å²) < 4.78 is 26.7. The van der Waals surface area contributed by atoms with Gasteiger partial charge in [-0.15, -0.1) is 0 Å². The summed E-state index contributed by atoms with van der Waals surface area (Å²) in [6, 6.07) is 14.3. The van der Waals surface area contributed by atoms with Gasteiger partial charge < -0.3 is 4.90 Å². The lowest BCUT2D eigenvalue weighted by atomic mass is 10.1. The molecule has 0 atom stereocenters. The topological polar surface area (TPSA) is 57.7 Å². The highest BCUT2D eigenvalue weighted by molar-refractivity contribution is 7.88. The van der Waals surface area contributed by atoms with E-state index in [4.69, 9.17) is 11.6 Å². The largest absolute Gasteiger partial charge is 0.336 e. The fourth-order valence-electron chi connectivity index (χ4n) is 3.04. The lowest BCUT2D eigenvalue weighted by molar-refractivity contribution is 0.0697. The van der Waals surface area contributed by atoms with E-state index in [1.807, 2.05) is 25.1 Å². The summed E-state index contributed by atoms with van der Waals surface area (Å²) in [5, 5.41) is 0.578. The Morgan fingerprint density at radius 2 is 1.62 bits per heavy atom. The zero-order valence-electron chi connectivity index (χ0n) is 14.6. The van der Waals surface area contributed by atoms with Crippen LogP contribution in [0.5, 0.6) is 0 Å². The number of hydrogen-bond acceptors (Lipinski definition) is 3. The highest BCUT2D eigenvalue weighted by Crippen LogP contribution is 2.18. The van der Waals surface area contributed by atoms with E-state index in [-0.39, 0.29) is 11.7 Å². The Morgan fingerprint density at radius 3 is 2.23 bits per heavy atom. The third-order valence-corrected chi connectivity index (χ3v) is 6.66. The summed E-state index contributed by atoms with van der Waals surface area (Å²) in [7, 11) is -3.42. The first-order valence-electron chi connectivity index (χ1n) is 8.44. The van der Waals surface area contributed by atoms with Crippen LogP contribution in [0.3, 0.4) is 0 Å². The van der Waals surface area contributed by atoms with Gasteiger partial charge in [-0.2, -0.15) is 4.31 Å². The van der Waals surface area contributed by atoms with Crippen LogP contribution < -0.4 is 0 Å². The number of sulfonamides is 1. The van der Waals surface area contributed by atoms with Gasteiger partial charge in [-0.25, -0.2) is 8.42 Å². The van der Waals surface area contributed by atoms with Crippen LogP contribution in [0.1, 0.15) is 21.5 Å². The molecule has 138 valence electrons. The molecule has 5 nitrogen and oxygen atoms in total. The zero-order valence-corrected chi connectivity index (χ0v) is 16.1. The lowest BCUT2D eigenvalue weighted by Gasteiger charge is -2.34. The van der Waals surface area contributed by atoms with Crippen molar-refractivity contribution in [1.82, 2.24) is 9.21 Å². The van der Waals surface area contributed by atoms with Crippen molar-refractivity contribution in [2.75, 3.05) is 26.2 Å². The van der Waals surface area contributed by atoms with Crippen LogP contribution in [-0.2, 0) is 15.8 Å². The lowest BCUT2D eigenvalue weighted by Crippen LogP contribution is -2.50. The van der Waals surface area contributed by atoms with Gasteiger partial charge in [0.25, 0.3) is 5.91 Å². The van der Waals surface area contributed by atoms with Crippen LogP contribution in [0, 0.1) is 6.92 Å². The number of benzene rings is 2. The first kappa shape index (κ1) is 18.9. The molecular weight excluding hydrogens is 372 g/mol. The molecule has 0 unspecified atom stereocenters. The van der Waals surface area contributed by atoms with Gasteiger partial charge in [0.15, 0.2) is 0 Å². The Labute approximate surface area is 159 Å². The molecule has 1 fully saturated rings. The molecule has 0 radical (unpaired) electrons. The first-order valence-corrected chi connectivity index (χ1v) is 10.4. The van der Waals surface area contributed by atoms with Gasteiger partial charge in [-0.3, -0.25) is 4.79 Å². The van der Waals surface area contributed by atoms with Crippen molar-refractivity contribution < 1.29 is 13.2 Å². The SMILES string of the molecule is Cc1ccccc1C(=O)N1CCN(S(=O)(=O)Cc2ccc(Cl)cc2)CC1. The average molecular weight is 393 g/mol. The Bertz CT molecular complexity index is 889. The minimum atomic E-state index is -3.42. The van der Waals surface area contributed by atoms with E-state index in [2.05, 4.69) is 0 Å². The summed E-state index contributed by atoms with van der Waals surface area (Å²) in [4.78, 5) is 14.4. The predicted octanol–water partition coefficient (Wildman–Crippen LogP) is 2.94. The fourth-order valence-corrected chi connectivity index (χ4v) is 4.68. The number of nitrogens with zero attached hydrogens (tertiary/aromatic N) is 2. The van der Waals surface area contributed by atoms with Crippen LogP contribution >= 0.6 is 11.6 Å². The summed E-state index contributed by atoms with van der Waals surface area (Å²) in [5.74, 6) is -0.103. The molecule has 1 aliphatic rings. The molecule has 1 amide bonds. The zero-order chi connectivity index (χ0) is 18.7. The summed E-state index contributed by atoms with van der Waals surface area (Å²) >= 11 is 5.84. The fraction of sp³-hybridized carbons (Fsp3) is 0.316. The number of halogens is 1. The summed E-state index contributed by atoms with van der Waals surface area (Å²) in [5.41, 5.74) is 2.30. The van der Waals surface area contributed by atoms with Gasteiger partial charge in [0.2, 0.25) is 10.0 Å². The third-order valence-electron chi connectivity index (χ3n) is 4.56. The van der Waals surface area contributed by atoms with Crippen LogP contribution in [0.15, 0.2) is 48.5 Å². The molecule has 1 heterocycles. The van der Waals surface area contributed by atoms with E-state index >= 15 is 0 Å². The van der Waals surface area contributed by atoms with E-state index in [9.17, 15) is 13.2 Å². The van der Waals surface area contributed by atoms with Crippen molar-refractivity contribution in [3.8, 4) is 0 Å². The maximum Gasteiger partial charge on any atom is 0.254 e. The third kappa shape index (κ3) is 4.26. The molecule has 0 aliphatic carbocycles. The van der Waals surface area contributed by atoms with Gasteiger partial charge >= 0.3 is 0 Å². The molecule has 2 aromatic carbocycles. The number of aryl methyl sites for hydroxylation is 1. The van der Waals surface area contributed by atoms with E-state index < -0.39 is 10.0 Å². The molecule has 0 bridgehead atoms. The molecule has 0 saturated carbocycles. The molecule has 1 aliphatic heterocycles. The van der Waals surface area contributed by atoms with Crippen LogP contribution in [0.2, 0.25) is 5.02 Å². The standard InChI is InChI=1S/C19H21ClN2O3S/c1-15-4-2-3-5-18(15)19(23)21-10-12-22(13-11-21)26(24,25)14-16-6-8-17(20)9-7-16/h2-9H,10-14H2,1H3. The van der Waals surface area contributed by atoms with E-state index in [1.165, 1.54) is 4.31 Å². The second kappa shape index (κ2) is 7.78. The average Bonchev–Trinajstić information content (AvgIpc) is 2.63. The Kier molecular flexibility index (Phi) is 5.65. The van der Waals surface area contributed by atoms with Crippen molar-refractivity contribution >= 4 is 27.5 Å². The minimum Gasteiger partial charge on any atom is -0.336 e. The van der Waals surface area contributed by atoms with Crippen LogP contribution in [0.25, 0.3) is 0 Å². The normalized spacial score (nSPS) is 15.8. The maximum absolute atomic E-state index is 12.6. The number of carbonyl (C=O) groups is 1. The molecule has 0 aromatic heterocycles. The van der Waals surface area contributed by atoms with Crippen molar-refractivity contribution in [1.29, 1.82) is 0 Å². The molecule has 0 N–H and O–H groups in total. The van der Waals surface area contributed by atoms with Crippen molar-refractivity contribution in [3.63, 3.8) is 0 Å². The van der Waals surface area contributed by atoms with E-state index in [1.54, 1.807) is 35.2 Å². The smallest absolute Gasteiger partial charge is 0.254 e. The highest BCUT2D eigenvalue weighted by Gasteiger charge is 2.29. The van der Waals surface area contributed by atoms with E-state index in [0.717, 1.165) is 5.56 Å². The number of hydrogen-bond donors (Lipinski definition) is 0. The molecular formula is C19H21ClN2O3S. The quantitative estimate of drug-likeness (QED) is 0.803. The Hall–Kier alpha value is -1.89. The molecule has 26 heavy (non-hydrogen) atoms. The molecule has 2 aromatic rings. The highest BCUT2D eigenvalue weighted by atomic mass is 35.5. The van der Waals surface area contributed by atoms with Crippen molar-refractivity contribution in [2.45, 2.75) is 12.7 Å². The first-order chi connectivity index (χ1) is 12.4. The Balaban J connectivity index is 1.63. The minimum absolute atomic E-state index is 0.0437. The molecule has 7 heteroatoms. The number of piperazine rings is 1. The monoisotopic (exact) mass is 392 g/mol. The number of rotatable bonds is 4.